The first-order chi connectivity index (χ1) is 10.6. The lowest BCUT2D eigenvalue weighted by Crippen LogP contribution is -2.25. The average molecular weight is 308 g/mol. The summed E-state index contributed by atoms with van der Waals surface area (Å²) in [5.41, 5.74) is 2.14. The summed E-state index contributed by atoms with van der Waals surface area (Å²) in [6.07, 6.45) is 2.32. The molecule has 0 aromatic heterocycles. The molecular weight excluding hydrogens is 280 g/mol. The van der Waals surface area contributed by atoms with Crippen molar-refractivity contribution in [1.29, 1.82) is 0 Å². The molecule has 0 aliphatic heterocycles. The van der Waals surface area contributed by atoms with Crippen molar-refractivity contribution in [2.45, 2.75) is 40.2 Å². The number of benzene rings is 1. The number of unbranched alkanes of at least 4 members (excludes halogenated alkanes) is 1. The average Bonchev–Trinajstić information content (AvgIpc) is 2.49. The van der Waals surface area contributed by atoms with Crippen LogP contribution < -0.4 is 15.0 Å². The van der Waals surface area contributed by atoms with Gasteiger partial charge >= 0.3 is 5.97 Å². The van der Waals surface area contributed by atoms with Crippen LogP contribution in [0.3, 0.4) is 0 Å². The Morgan fingerprint density at radius 1 is 1.32 bits per heavy atom. The SMILES string of the molecule is CCCCN(CC)c1ccc(CNCC(=O)O)cc1OCC. The van der Waals surface area contributed by atoms with Crippen molar-refractivity contribution in [3.8, 4) is 5.75 Å². The van der Waals surface area contributed by atoms with Crippen LogP contribution in [0, 0.1) is 0 Å². The molecule has 0 aliphatic carbocycles. The Labute approximate surface area is 133 Å². The first-order valence-electron chi connectivity index (χ1n) is 8.05. The van der Waals surface area contributed by atoms with Gasteiger partial charge in [-0.05, 0) is 38.0 Å². The summed E-state index contributed by atoms with van der Waals surface area (Å²) in [5.74, 6) is 0.0217. The molecule has 5 heteroatoms. The second kappa shape index (κ2) is 10.1. The minimum atomic E-state index is -0.849. The van der Waals surface area contributed by atoms with Gasteiger partial charge in [-0.1, -0.05) is 19.4 Å². The Hall–Kier alpha value is -1.75. The summed E-state index contributed by atoms with van der Waals surface area (Å²) in [4.78, 5) is 12.9. The Morgan fingerprint density at radius 2 is 2.09 bits per heavy atom. The van der Waals surface area contributed by atoms with Crippen molar-refractivity contribution in [1.82, 2.24) is 5.32 Å². The molecule has 2 N–H and O–H groups in total. The summed E-state index contributed by atoms with van der Waals surface area (Å²) >= 11 is 0. The molecule has 0 atom stereocenters. The highest BCUT2D eigenvalue weighted by Gasteiger charge is 2.11. The molecular formula is C17H28N2O3. The van der Waals surface area contributed by atoms with Gasteiger partial charge in [0.15, 0.2) is 0 Å². The molecule has 0 unspecified atom stereocenters. The van der Waals surface area contributed by atoms with Crippen LogP contribution in [0.4, 0.5) is 5.69 Å². The number of nitrogens with zero attached hydrogens (tertiary/aromatic N) is 1. The Balaban J connectivity index is 2.85. The molecule has 0 saturated heterocycles. The summed E-state index contributed by atoms with van der Waals surface area (Å²) in [6, 6.07) is 6.10. The van der Waals surface area contributed by atoms with E-state index in [2.05, 4.69) is 30.1 Å². The molecule has 0 spiro atoms. The minimum Gasteiger partial charge on any atom is -0.492 e. The van der Waals surface area contributed by atoms with Crippen molar-refractivity contribution in [3.63, 3.8) is 0 Å². The zero-order valence-corrected chi connectivity index (χ0v) is 13.9. The van der Waals surface area contributed by atoms with E-state index in [9.17, 15) is 4.79 Å². The molecule has 0 aliphatic rings. The van der Waals surface area contributed by atoms with Crippen LogP contribution in [-0.4, -0.2) is 37.3 Å². The maximum absolute atomic E-state index is 10.5. The number of carbonyl (C=O) groups is 1. The highest BCUT2D eigenvalue weighted by atomic mass is 16.5. The van der Waals surface area contributed by atoms with Crippen molar-refractivity contribution >= 4 is 11.7 Å². The lowest BCUT2D eigenvalue weighted by molar-refractivity contribution is -0.135. The largest absolute Gasteiger partial charge is 0.492 e. The van der Waals surface area contributed by atoms with Crippen molar-refractivity contribution in [2.24, 2.45) is 0 Å². The van der Waals surface area contributed by atoms with E-state index in [0.717, 1.165) is 42.9 Å². The topological polar surface area (TPSA) is 61.8 Å². The fraction of sp³-hybridized carbons (Fsp3) is 0.588. The Kier molecular flexibility index (Phi) is 8.36. The monoisotopic (exact) mass is 308 g/mol. The van der Waals surface area contributed by atoms with Gasteiger partial charge in [-0.3, -0.25) is 4.79 Å². The fourth-order valence-corrected chi connectivity index (χ4v) is 2.31. The molecule has 124 valence electrons. The number of rotatable bonds is 11. The zero-order valence-electron chi connectivity index (χ0n) is 13.9. The van der Waals surface area contributed by atoms with E-state index >= 15 is 0 Å². The van der Waals surface area contributed by atoms with Gasteiger partial charge in [0.2, 0.25) is 0 Å². The maximum atomic E-state index is 10.5. The maximum Gasteiger partial charge on any atom is 0.317 e. The lowest BCUT2D eigenvalue weighted by Gasteiger charge is -2.25. The number of anilines is 1. The summed E-state index contributed by atoms with van der Waals surface area (Å²) in [5, 5.41) is 11.6. The van der Waals surface area contributed by atoms with E-state index in [0.29, 0.717) is 13.2 Å². The van der Waals surface area contributed by atoms with Crippen LogP contribution >= 0.6 is 0 Å². The third-order valence-corrected chi connectivity index (χ3v) is 3.43. The quantitative estimate of drug-likeness (QED) is 0.658. The Morgan fingerprint density at radius 3 is 2.68 bits per heavy atom. The molecule has 5 nitrogen and oxygen atoms in total. The number of aliphatic carboxylic acids is 1. The molecule has 22 heavy (non-hydrogen) atoms. The number of carboxylic acid groups (broad SMARTS) is 1. The van der Waals surface area contributed by atoms with E-state index in [1.54, 1.807) is 0 Å². The van der Waals surface area contributed by atoms with Gasteiger partial charge in [-0.2, -0.15) is 0 Å². The number of carboxylic acids is 1. The molecule has 1 aromatic rings. The molecule has 0 saturated carbocycles. The van der Waals surface area contributed by atoms with Gasteiger partial charge in [0.05, 0.1) is 18.8 Å². The lowest BCUT2D eigenvalue weighted by atomic mass is 10.1. The van der Waals surface area contributed by atoms with Gasteiger partial charge in [0, 0.05) is 19.6 Å². The van der Waals surface area contributed by atoms with Gasteiger partial charge in [-0.25, -0.2) is 0 Å². The normalized spacial score (nSPS) is 10.5. The Bertz CT molecular complexity index is 463. The van der Waals surface area contributed by atoms with E-state index in [1.807, 2.05) is 19.1 Å². The second-order valence-corrected chi connectivity index (χ2v) is 5.17. The van der Waals surface area contributed by atoms with E-state index < -0.39 is 5.97 Å². The number of ether oxygens (including phenoxy) is 1. The number of hydrogen-bond acceptors (Lipinski definition) is 4. The zero-order chi connectivity index (χ0) is 16.4. The third kappa shape index (κ3) is 5.93. The van der Waals surface area contributed by atoms with Crippen molar-refractivity contribution in [2.75, 3.05) is 31.1 Å². The first kappa shape index (κ1) is 18.3. The van der Waals surface area contributed by atoms with Gasteiger partial charge in [-0.15, -0.1) is 0 Å². The molecule has 1 aromatic carbocycles. The summed E-state index contributed by atoms with van der Waals surface area (Å²) < 4.78 is 5.78. The van der Waals surface area contributed by atoms with Crippen LogP contribution in [-0.2, 0) is 11.3 Å². The van der Waals surface area contributed by atoms with Crippen molar-refractivity contribution in [3.05, 3.63) is 23.8 Å². The van der Waals surface area contributed by atoms with Gasteiger partial charge < -0.3 is 20.1 Å². The molecule has 1 rings (SSSR count). The smallest absolute Gasteiger partial charge is 0.317 e. The minimum absolute atomic E-state index is 0.0384. The number of hydrogen-bond donors (Lipinski definition) is 2. The summed E-state index contributed by atoms with van der Waals surface area (Å²) in [6.45, 7) is 9.37. The van der Waals surface area contributed by atoms with Gasteiger partial charge in [0.25, 0.3) is 0 Å². The van der Waals surface area contributed by atoms with Gasteiger partial charge in [0.1, 0.15) is 5.75 Å². The van der Waals surface area contributed by atoms with Crippen LogP contribution in [0.15, 0.2) is 18.2 Å². The van der Waals surface area contributed by atoms with Crippen LogP contribution in [0.25, 0.3) is 0 Å². The molecule has 0 fully saturated rings. The highest BCUT2D eigenvalue weighted by molar-refractivity contribution is 5.69. The highest BCUT2D eigenvalue weighted by Crippen LogP contribution is 2.30. The van der Waals surface area contributed by atoms with Crippen LogP contribution in [0.5, 0.6) is 5.75 Å². The van der Waals surface area contributed by atoms with Crippen LogP contribution in [0.1, 0.15) is 39.2 Å². The molecule has 0 radical (unpaired) electrons. The predicted molar refractivity (Wildman–Crippen MR) is 89.7 cm³/mol. The molecule has 0 amide bonds. The molecule has 0 bridgehead atoms. The van der Waals surface area contributed by atoms with E-state index in [4.69, 9.17) is 9.84 Å². The van der Waals surface area contributed by atoms with E-state index in [-0.39, 0.29) is 6.54 Å². The first-order valence-corrected chi connectivity index (χ1v) is 8.05. The van der Waals surface area contributed by atoms with Crippen molar-refractivity contribution < 1.29 is 14.6 Å². The summed E-state index contributed by atoms with van der Waals surface area (Å²) in [7, 11) is 0. The molecule has 0 heterocycles. The van der Waals surface area contributed by atoms with Crippen LogP contribution in [0.2, 0.25) is 0 Å². The predicted octanol–water partition coefficient (Wildman–Crippen LogP) is 2.89. The second-order valence-electron chi connectivity index (χ2n) is 5.17. The third-order valence-electron chi connectivity index (χ3n) is 3.43. The standard InChI is InChI=1S/C17H28N2O3/c1-4-7-10-19(5-2)15-9-8-14(11-16(15)22-6-3)12-18-13-17(20)21/h8-9,11,18H,4-7,10,12-13H2,1-3H3,(H,20,21). The fourth-order valence-electron chi connectivity index (χ4n) is 2.31. The van der Waals surface area contributed by atoms with E-state index in [1.165, 1.54) is 0 Å². The number of nitrogens with one attached hydrogen (secondary N) is 1.